The zero-order valence-corrected chi connectivity index (χ0v) is 12.3. The van der Waals surface area contributed by atoms with Gasteiger partial charge in [-0.15, -0.1) is 0 Å². The summed E-state index contributed by atoms with van der Waals surface area (Å²) in [4.78, 5) is 13.1. The van der Waals surface area contributed by atoms with Crippen molar-refractivity contribution in [2.45, 2.75) is 25.2 Å². The molecule has 1 heterocycles. The van der Waals surface area contributed by atoms with Crippen LogP contribution in [0.15, 0.2) is 30.3 Å². The molecular weight excluding hydrogens is 297 g/mol. The smallest absolute Gasteiger partial charge is 0.410 e. The fraction of sp³-hybridized carbons (Fsp3) is 0.533. The van der Waals surface area contributed by atoms with E-state index >= 15 is 0 Å². The zero-order valence-electron chi connectivity index (χ0n) is 12.3. The van der Waals surface area contributed by atoms with Gasteiger partial charge >= 0.3 is 12.3 Å². The van der Waals surface area contributed by atoms with Gasteiger partial charge in [0, 0.05) is 19.1 Å². The Morgan fingerprint density at radius 2 is 2.00 bits per heavy atom. The first-order valence-electron chi connectivity index (χ1n) is 7.09. The molecule has 0 saturated carbocycles. The van der Waals surface area contributed by atoms with Gasteiger partial charge in [0.1, 0.15) is 6.61 Å². The number of benzene rings is 1. The summed E-state index contributed by atoms with van der Waals surface area (Å²) in [5.74, 6) is -1.53. The number of likely N-dealkylation sites (tertiary alicyclic amines) is 1. The average Bonchev–Trinajstić information content (AvgIpc) is 2.52. The van der Waals surface area contributed by atoms with Crippen LogP contribution in [0.4, 0.5) is 18.0 Å². The van der Waals surface area contributed by atoms with Gasteiger partial charge < -0.3 is 15.0 Å². The van der Waals surface area contributed by atoms with E-state index in [4.69, 9.17) is 4.74 Å². The molecule has 0 bridgehead atoms. The number of likely N-dealkylation sites (N-methyl/N-ethyl adjacent to an activating group) is 1. The molecule has 2 atom stereocenters. The molecule has 1 amide bonds. The number of carbonyl (C=O) groups excluding carboxylic acids is 1. The molecule has 0 aliphatic carbocycles. The number of hydrogen-bond acceptors (Lipinski definition) is 3. The molecule has 7 heteroatoms. The Labute approximate surface area is 127 Å². The second kappa shape index (κ2) is 7.00. The summed E-state index contributed by atoms with van der Waals surface area (Å²) in [6.45, 7) is -0.0803. The lowest BCUT2D eigenvalue weighted by Gasteiger charge is -2.37. The van der Waals surface area contributed by atoms with Crippen molar-refractivity contribution in [3.63, 3.8) is 0 Å². The van der Waals surface area contributed by atoms with E-state index in [9.17, 15) is 18.0 Å². The summed E-state index contributed by atoms with van der Waals surface area (Å²) >= 11 is 0. The molecule has 1 aromatic rings. The van der Waals surface area contributed by atoms with Crippen molar-refractivity contribution in [3.05, 3.63) is 35.9 Å². The number of alkyl halides is 3. The number of nitrogens with one attached hydrogen (secondary N) is 1. The zero-order chi connectivity index (χ0) is 16.2. The predicted molar refractivity (Wildman–Crippen MR) is 75.2 cm³/mol. The van der Waals surface area contributed by atoms with Gasteiger partial charge in [0.25, 0.3) is 0 Å². The molecule has 0 aromatic heterocycles. The summed E-state index contributed by atoms with van der Waals surface area (Å²) in [6.07, 6.45) is -5.05. The number of halogens is 3. The lowest BCUT2D eigenvalue weighted by atomic mass is 9.94. The van der Waals surface area contributed by atoms with Gasteiger partial charge in [-0.3, -0.25) is 0 Å². The molecule has 0 spiro atoms. The van der Waals surface area contributed by atoms with Gasteiger partial charge in [0.2, 0.25) is 0 Å². The Morgan fingerprint density at radius 1 is 1.32 bits per heavy atom. The van der Waals surface area contributed by atoms with Crippen LogP contribution in [0.3, 0.4) is 0 Å². The fourth-order valence-electron chi connectivity index (χ4n) is 2.51. The van der Waals surface area contributed by atoms with E-state index < -0.39 is 18.2 Å². The first-order chi connectivity index (χ1) is 10.4. The Hall–Kier alpha value is -1.76. The maximum absolute atomic E-state index is 12.9. The van der Waals surface area contributed by atoms with Crippen LogP contribution in [-0.4, -0.2) is 43.3 Å². The summed E-state index contributed by atoms with van der Waals surface area (Å²) in [6, 6.07) is 8.64. The number of amides is 1. The summed E-state index contributed by atoms with van der Waals surface area (Å²) < 4.78 is 43.9. The topological polar surface area (TPSA) is 41.6 Å². The van der Waals surface area contributed by atoms with Crippen LogP contribution in [0.25, 0.3) is 0 Å². The summed E-state index contributed by atoms with van der Waals surface area (Å²) in [5, 5.41) is 2.82. The first kappa shape index (κ1) is 16.6. The van der Waals surface area contributed by atoms with Crippen LogP contribution >= 0.6 is 0 Å². The number of ether oxygens (including phenoxy) is 1. The standard InChI is InChI=1S/C15H19F3N2O2/c1-19-13-7-12(15(16,17)18)8-20(9-13)14(21)22-10-11-5-3-2-4-6-11/h2-6,12-13,19H,7-10H2,1H3/t12-,13-/m0/s1. The van der Waals surface area contributed by atoms with E-state index in [2.05, 4.69) is 5.32 Å². The highest BCUT2D eigenvalue weighted by molar-refractivity contribution is 5.67. The molecule has 1 aliphatic heterocycles. The van der Waals surface area contributed by atoms with E-state index in [1.54, 1.807) is 31.3 Å². The monoisotopic (exact) mass is 316 g/mol. The molecule has 22 heavy (non-hydrogen) atoms. The van der Waals surface area contributed by atoms with E-state index in [1.807, 2.05) is 6.07 Å². The minimum absolute atomic E-state index is 0.0253. The lowest BCUT2D eigenvalue weighted by molar-refractivity contribution is -0.187. The normalized spacial score (nSPS) is 22.5. The van der Waals surface area contributed by atoms with Crippen LogP contribution in [0.5, 0.6) is 0 Å². The van der Waals surface area contributed by atoms with Crippen molar-refractivity contribution < 1.29 is 22.7 Å². The molecule has 0 unspecified atom stereocenters. The maximum Gasteiger partial charge on any atom is 0.410 e. The predicted octanol–water partition coefficient (Wildman–Crippen LogP) is 2.80. The molecule has 2 rings (SSSR count). The fourth-order valence-corrected chi connectivity index (χ4v) is 2.51. The third-order valence-corrected chi connectivity index (χ3v) is 3.79. The van der Waals surface area contributed by atoms with Gasteiger partial charge in [0.05, 0.1) is 5.92 Å². The highest BCUT2D eigenvalue weighted by atomic mass is 19.4. The van der Waals surface area contributed by atoms with E-state index in [-0.39, 0.29) is 32.2 Å². The van der Waals surface area contributed by atoms with Crippen LogP contribution < -0.4 is 5.32 Å². The molecule has 4 nitrogen and oxygen atoms in total. The van der Waals surface area contributed by atoms with Gasteiger partial charge in [0.15, 0.2) is 0 Å². The third-order valence-electron chi connectivity index (χ3n) is 3.79. The Bertz CT molecular complexity index is 493. The molecule has 1 aliphatic rings. The Kier molecular flexibility index (Phi) is 5.28. The highest BCUT2D eigenvalue weighted by Crippen LogP contribution is 2.33. The van der Waals surface area contributed by atoms with Gasteiger partial charge in [-0.05, 0) is 19.0 Å². The lowest BCUT2D eigenvalue weighted by Crippen LogP contribution is -2.53. The molecule has 122 valence electrons. The van der Waals surface area contributed by atoms with Crippen LogP contribution in [0.1, 0.15) is 12.0 Å². The first-order valence-corrected chi connectivity index (χ1v) is 7.09. The van der Waals surface area contributed by atoms with Crippen LogP contribution in [0, 0.1) is 5.92 Å². The van der Waals surface area contributed by atoms with Crippen molar-refractivity contribution >= 4 is 6.09 Å². The number of rotatable bonds is 3. The summed E-state index contributed by atoms with van der Waals surface area (Å²) in [5.41, 5.74) is 0.797. The number of nitrogens with zero attached hydrogens (tertiary/aromatic N) is 1. The maximum atomic E-state index is 12.9. The van der Waals surface area contributed by atoms with Gasteiger partial charge in [-0.25, -0.2) is 4.79 Å². The molecule has 1 saturated heterocycles. The van der Waals surface area contributed by atoms with Crippen molar-refractivity contribution in [3.8, 4) is 0 Å². The number of hydrogen-bond donors (Lipinski definition) is 1. The SMILES string of the molecule is CN[C@H]1C[C@H](C(F)(F)F)CN(C(=O)OCc2ccccc2)C1. The third kappa shape index (κ3) is 4.37. The molecule has 0 radical (unpaired) electrons. The molecule has 1 fully saturated rings. The molecule has 1 N–H and O–H groups in total. The van der Waals surface area contributed by atoms with Gasteiger partial charge in [-0.1, -0.05) is 30.3 Å². The van der Waals surface area contributed by atoms with E-state index in [0.29, 0.717) is 0 Å². The number of piperidine rings is 1. The van der Waals surface area contributed by atoms with Crippen molar-refractivity contribution in [1.29, 1.82) is 0 Å². The van der Waals surface area contributed by atoms with Crippen LogP contribution in [0.2, 0.25) is 0 Å². The summed E-state index contributed by atoms with van der Waals surface area (Å²) in [7, 11) is 1.59. The second-order valence-electron chi connectivity index (χ2n) is 5.41. The van der Waals surface area contributed by atoms with E-state index in [0.717, 1.165) is 10.5 Å². The number of carbonyl (C=O) groups is 1. The van der Waals surface area contributed by atoms with Crippen molar-refractivity contribution in [2.24, 2.45) is 5.92 Å². The Morgan fingerprint density at radius 3 is 2.59 bits per heavy atom. The second-order valence-corrected chi connectivity index (χ2v) is 5.41. The average molecular weight is 316 g/mol. The highest BCUT2D eigenvalue weighted by Gasteiger charge is 2.45. The Balaban J connectivity index is 1.95. The largest absolute Gasteiger partial charge is 0.445 e. The minimum Gasteiger partial charge on any atom is -0.445 e. The quantitative estimate of drug-likeness (QED) is 0.932. The van der Waals surface area contributed by atoms with Crippen LogP contribution in [-0.2, 0) is 11.3 Å². The van der Waals surface area contributed by atoms with Crippen molar-refractivity contribution in [1.82, 2.24) is 10.2 Å². The van der Waals surface area contributed by atoms with Gasteiger partial charge in [-0.2, -0.15) is 13.2 Å². The minimum atomic E-state index is -4.31. The molecule has 1 aromatic carbocycles. The van der Waals surface area contributed by atoms with E-state index in [1.165, 1.54) is 0 Å². The molecular formula is C15H19F3N2O2. The van der Waals surface area contributed by atoms with Crippen molar-refractivity contribution in [2.75, 3.05) is 20.1 Å².